The van der Waals surface area contributed by atoms with Gasteiger partial charge in [0.15, 0.2) is 0 Å². The average molecular weight is 397 g/mol. The van der Waals surface area contributed by atoms with E-state index in [1.54, 1.807) is 55.3 Å². The molecule has 0 atom stereocenters. The van der Waals surface area contributed by atoms with Gasteiger partial charge in [0, 0.05) is 24.5 Å². The molecule has 0 radical (unpaired) electrons. The highest BCUT2D eigenvalue weighted by Gasteiger charge is 2.30. The maximum Gasteiger partial charge on any atom is 0.338 e. The van der Waals surface area contributed by atoms with Crippen LogP contribution in [0.25, 0.3) is 0 Å². The van der Waals surface area contributed by atoms with E-state index in [9.17, 15) is 14.4 Å². The number of amides is 3. The molecule has 1 aliphatic heterocycles. The van der Waals surface area contributed by atoms with Gasteiger partial charge in [-0.25, -0.2) is 9.59 Å². The predicted molar refractivity (Wildman–Crippen MR) is 108 cm³/mol. The Morgan fingerprint density at radius 2 is 1.72 bits per heavy atom. The summed E-state index contributed by atoms with van der Waals surface area (Å²) in [5.41, 5.74) is 1.71. The second kappa shape index (κ2) is 9.09. The second-order valence-electron chi connectivity index (χ2n) is 6.40. The molecule has 1 aliphatic rings. The Balaban J connectivity index is 1.55. The van der Waals surface area contributed by atoms with E-state index in [0.717, 1.165) is 5.69 Å². The minimum atomic E-state index is -0.410. The summed E-state index contributed by atoms with van der Waals surface area (Å²) in [7, 11) is 1.58. The zero-order valence-corrected chi connectivity index (χ0v) is 16.4. The number of ether oxygens (including phenoxy) is 2. The molecule has 1 heterocycles. The monoisotopic (exact) mass is 397 g/mol. The molecule has 8 heteroatoms. The van der Waals surface area contributed by atoms with Gasteiger partial charge in [-0.3, -0.25) is 9.69 Å². The van der Waals surface area contributed by atoms with Crippen LogP contribution in [0.5, 0.6) is 5.75 Å². The molecule has 1 fully saturated rings. The van der Waals surface area contributed by atoms with Crippen LogP contribution in [0, 0.1) is 0 Å². The summed E-state index contributed by atoms with van der Waals surface area (Å²) in [6.07, 6.45) is 0. The molecule has 8 nitrogen and oxygen atoms in total. The number of benzene rings is 2. The first-order valence-electron chi connectivity index (χ1n) is 9.29. The lowest BCUT2D eigenvalue weighted by atomic mass is 10.2. The van der Waals surface area contributed by atoms with Crippen LogP contribution in [-0.2, 0) is 9.53 Å². The number of nitrogens with zero attached hydrogens (tertiary/aromatic N) is 2. The molecule has 0 saturated carbocycles. The third-order valence-electron chi connectivity index (χ3n) is 4.49. The quantitative estimate of drug-likeness (QED) is 0.726. The Morgan fingerprint density at radius 1 is 1.03 bits per heavy atom. The number of anilines is 2. The Kier molecular flexibility index (Phi) is 6.33. The van der Waals surface area contributed by atoms with E-state index in [4.69, 9.17) is 9.47 Å². The maximum atomic E-state index is 12.6. The number of nitrogens with one attached hydrogen (secondary N) is 1. The molecule has 3 rings (SSSR count). The van der Waals surface area contributed by atoms with Gasteiger partial charge in [-0.05, 0) is 55.5 Å². The van der Waals surface area contributed by atoms with Crippen molar-refractivity contribution in [3.63, 3.8) is 0 Å². The first kappa shape index (κ1) is 20.2. The largest absolute Gasteiger partial charge is 0.497 e. The van der Waals surface area contributed by atoms with Crippen molar-refractivity contribution in [2.45, 2.75) is 6.92 Å². The first-order chi connectivity index (χ1) is 14.0. The van der Waals surface area contributed by atoms with Gasteiger partial charge in [-0.2, -0.15) is 0 Å². The van der Waals surface area contributed by atoms with Crippen molar-refractivity contribution in [3.05, 3.63) is 54.1 Å². The fourth-order valence-electron chi connectivity index (χ4n) is 3.01. The van der Waals surface area contributed by atoms with Gasteiger partial charge in [0.2, 0.25) is 5.91 Å². The minimum Gasteiger partial charge on any atom is -0.497 e. The molecule has 1 N–H and O–H groups in total. The van der Waals surface area contributed by atoms with E-state index in [1.807, 2.05) is 12.1 Å². The van der Waals surface area contributed by atoms with Gasteiger partial charge in [0.1, 0.15) is 12.3 Å². The van der Waals surface area contributed by atoms with E-state index in [0.29, 0.717) is 36.7 Å². The summed E-state index contributed by atoms with van der Waals surface area (Å²) < 4.78 is 10.1. The van der Waals surface area contributed by atoms with E-state index in [2.05, 4.69) is 5.32 Å². The van der Waals surface area contributed by atoms with Crippen molar-refractivity contribution in [1.29, 1.82) is 0 Å². The molecule has 3 amide bonds. The zero-order chi connectivity index (χ0) is 20.8. The SMILES string of the molecule is CCOC(=O)c1ccc(NC(=O)CN2CCN(c3ccc(OC)cc3)C2=O)cc1. The van der Waals surface area contributed by atoms with Crippen molar-refractivity contribution in [1.82, 2.24) is 4.90 Å². The van der Waals surface area contributed by atoms with Crippen LogP contribution in [0.4, 0.5) is 16.2 Å². The van der Waals surface area contributed by atoms with Gasteiger partial charge >= 0.3 is 12.0 Å². The fourth-order valence-corrected chi connectivity index (χ4v) is 3.01. The molecule has 0 unspecified atom stereocenters. The molecule has 0 spiro atoms. The minimum absolute atomic E-state index is 0.0505. The highest BCUT2D eigenvalue weighted by atomic mass is 16.5. The molecular weight excluding hydrogens is 374 g/mol. The van der Waals surface area contributed by atoms with Crippen LogP contribution in [0.1, 0.15) is 17.3 Å². The van der Waals surface area contributed by atoms with E-state index >= 15 is 0 Å². The summed E-state index contributed by atoms with van der Waals surface area (Å²) in [6, 6.07) is 13.4. The number of rotatable bonds is 7. The molecule has 1 saturated heterocycles. The van der Waals surface area contributed by atoms with Gasteiger partial charge in [0.05, 0.1) is 19.3 Å². The van der Waals surface area contributed by atoms with Crippen molar-refractivity contribution in [2.75, 3.05) is 43.6 Å². The van der Waals surface area contributed by atoms with Crippen LogP contribution < -0.4 is 15.0 Å². The standard InChI is InChI=1S/C21H23N3O5/c1-3-29-20(26)15-4-6-16(7-5-15)22-19(25)14-23-12-13-24(21(23)27)17-8-10-18(28-2)11-9-17/h4-11H,3,12-14H2,1-2H3,(H,22,25). The molecule has 0 bridgehead atoms. The van der Waals surface area contributed by atoms with Gasteiger partial charge in [0.25, 0.3) is 0 Å². The van der Waals surface area contributed by atoms with E-state index in [1.165, 1.54) is 4.90 Å². The Bertz CT molecular complexity index is 880. The van der Waals surface area contributed by atoms with Crippen LogP contribution in [-0.4, -0.2) is 56.2 Å². The smallest absolute Gasteiger partial charge is 0.338 e. The lowest BCUT2D eigenvalue weighted by molar-refractivity contribution is -0.116. The fraction of sp³-hybridized carbons (Fsp3) is 0.286. The number of hydrogen-bond donors (Lipinski definition) is 1. The highest BCUT2D eigenvalue weighted by molar-refractivity contribution is 5.99. The number of carbonyl (C=O) groups excluding carboxylic acids is 3. The predicted octanol–water partition coefficient (Wildman–Crippen LogP) is 2.75. The molecular formula is C21H23N3O5. The van der Waals surface area contributed by atoms with E-state index < -0.39 is 5.97 Å². The van der Waals surface area contributed by atoms with Gasteiger partial charge in [-0.1, -0.05) is 0 Å². The Hall–Kier alpha value is -3.55. The van der Waals surface area contributed by atoms with Crippen LogP contribution in [0.3, 0.4) is 0 Å². The summed E-state index contributed by atoms with van der Waals surface area (Å²) in [5.74, 6) is -0.00363. The van der Waals surface area contributed by atoms with Gasteiger partial charge in [-0.15, -0.1) is 0 Å². The number of carbonyl (C=O) groups is 3. The number of urea groups is 1. The van der Waals surface area contributed by atoms with Crippen LogP contribution in [0.15, 0.2) is 48.5 Å². The van der Waals surface area contributed by atoms with Crippen LogP contribution >= 0.6 is 0 Å². The molecule has 2 aromatic carbocycles. The van der Waals surface area contributed by atoms with Crippen molar-refractivity contribution < 1.29 is 23.9 Å². The molecule has 0 aliphatic carbocycles. The summed E-state index contributed by atoms with van der Waals surface area (Å²) in [4.78, 5) is 39.7. The number of methoxy groups -OCH3 is 1. The van der Waals surface area contributed by atoms with E-state index in [-0.39, 0.29) is 18.5 Å². The normalized spacial score (nSPS) is 13.4. The Labute approximate surface area is 169 Å². The average Bonchev–Trinajstić information content (AvgIpc) is 3.09. The maximum absolute atomic E-state index is 12.6. The van der Waals surface area contributed by atoms with Crippen molar-refractivity contribution in [2.24, 2.45) is 0 Å². The molecule has 0 aromatic heterocycles. The highest BCUT2D eigenvalue weighted by Crippen LogP contribution is 2.23. The zero-order valence-electron chi connectivity index (χ0n) is 16.4. The molecule has 2 aromatic rings. The first-order valence-corrected chi connectivity index (χ1v) is 9.29. The summed E-state index contributed by atoms with van der Waals surface area (Å²) >= 11 is 0. The lowest BCUT2D eigenvalue weighted by Crippen LogP contribution is -2.37. The topological polar surface area (TPSA) is 88.2 Å². The second-order valence-corrected chi connectivity index (χ2v) is 6.40. The number of hydrogen-bond acceptors (Lipinski definition) is 5. The summed E-state index contributed by atoms with van der Waals surface area (Å²) in [5, 5.41) is 2.74. The third kappa shape index (κ3) is 4.84. The molecule has 29 heavy (non-hydrogen) atoms. The van der Waals surface area contributed by atoms with Crippen LogP contribution in [0.2, 0.25) is 0 Å². The van der Waals surface area contributed by atoms with Crippen molar-refractivity contribution in [3.8, 4) is 5.75 Å². The van der Waals surface area contributed by atoms with Crippen molar-refractivity contribution >= 4 is 29.3 Å². The molecule has 152 valence electrons. The third-order valence-corrected chi connectivity index (χ3v) is 4.49. The number of esters is 1. The van der Waals surface area contributed by atoms with Gasteiger partial charge < -0.3 is 19.7 Å². The lowest BCUT2D eigenvalue weighted by Gasteiger charge is -2.18. The Morgan fingerprint density at radius 3 is 2.34 bits per heavy atom. The summed E-state index contributed by atoms with van der Waals surface area (Å²) in [6.45, 7) is 2.95.